The molecule has 0 aliphatic heterocycles. The second-order valence-corrected chi connectivity index (χ2v) is 6.83. The van der Waals surface area contributed by atoms with Crippen LogP contribution in [-0.4, -0.2) is 23.5 Å². The van der Waals surface area contributed by atoms with Gasteiger partial charge in [0.05, 0.1) is 0 Å². The van der Waals surface area contributed by atoms with Gasteiger partial charge in [-0.1, -0.05) is 29.8 Å². The van der Waals surface area contributed by atoms with Gasteiger partial charge in [0.15, 0.2) is 11.7 Å². The van der Waals surface area contributed by atoms with E-state index in [0.717, 1.165) is 16.7 Å². The first-order valence-electron chi connectivity index (χ1n) is 8.36. The van der Waals surface area contributed by atoms with E-state index < -0.39 is 11.8 Å². The first kappa shape index (κ1) is 21.4. The molecule has 0 radical (unpaired) electrons. The van der Waals surface area contributed by atoms with Crippen molar-refractivity contribution in [2.75, 3.05) is 6.61 Å². The lowest BCUT2D eigenvalue weighted by Gasteiger charge is -2.11. The summed E-state index contributed by atoms with van der Waals surface area (Å²) in [5.41, 5.74) is 7.71. The lowest BCUT2D eigenvalue weighted by atomic mass is 10.1. The van der Waals surface area contributed by atoms with Crippen LogP contribution in [-0.2, 0) is 9.59 Å². The molecule has 2 rings (SSSR count). The van der Waals surface area contributed by atoms with Gasteiger partial charge in [-0.2, -0.15) is 0 Å². The zero-order chi connectivity index (χ0) is 20.5. The van der Waals surface area contributed by atoms with Crippen LogP contribution >= 0.6 is 23.8 Å². The largest absolute Gasteiger partial charge is 0.484 e. The van der Waals surface area contributed by atoms with Crippen molar-refractivity contribution in [3.63, 3.8) is 0 Å². The summed E-state index contributed by atoms with van der Waals surface area (Å²) in [6, 6.07) is 12.7. The highest BCUT2D eigenvalue weighted by molar-refractivity contribution is 7.80. The molecule has 6 nitrogen and oxygen atoms in total. The molecule has 0 aromatic heterocycles. The first-order chi connectivity index (χ1) is 13.3. The number of rotatable bonds is 5. The van der Waals surface area contributed by atoms with Crippen molar-refractivity contribution in [3.8, 4) is 5.75 Å². The molecule has 146 valence electrons. The van der Waals surface area contributed by atoms with E-state index >= 15 is 0 Å². The average Bonchev–Trinajstić information content (AvgIpc) is 2.63. The second-order valence-electron chi connectivity index (χ2n) is 5.99. The van der Waals surface area contributed by atoms with Crippen LogP contribution in [0.3, 0.4) is 0 Å². The number of aryl methyl sites for hydroxylation is 2. The van der Waals surface area contributed by atoms with Crippen molar-refractivity contribution >= 4 is 46.8 Å². The summed E-state index contributed by atoms with van der Waals surface area (Å²) in [5, 5.41) is 3.00. The van der Waals surface area contributed by atoms with Gasteiger partial charge < -0.3 is 4.74 Å². The van der Waals surface area contributed by atoms with Gasteiger partial charge in [0.2, 0.25) is 5.91 Å². The number of carbonyl (C=O) groups excluding carboxylic acids is 2. The van der Waals surface area contributed by atoms with Crippen LogP contribution in [0.1, 0.15) is 16.7 Å². The Kier molecular flexibility index (Phi) is 7.98. The molecule has 0 atom stereocenters. The number of thiocarbonyl (C=S) groups is 1. The fraction of sp³-hybridized carbons (Fsp3) is 0.150. The van der Waals surface area contributed by atoms with Gasteiger partial charge >= 0.3 is 0 Å². The number of ether oxygens (including phenoxy) is 1. The predicted molar refractivity (Wildman–Crippen MR) is 114 cm³/mol. The summed E-state index contributed by atoms with van der Waals surface area (Å²) in [7, 11) is 0. The molecular weight excluding hydrogens is 398 g/mol. The zero-order valence-electron chi connectivity index (χ0n) is 15.4. The number of carbonyl (C=O) groups is 2. The molecule has 2 aromatic rings. The minimum Gasteiger partial charge on any atom is -0.484 e. The number of hydrogen-bond donors (Lipinski definition) is 3. The highest BCUT2D eigenvalue weighted by atomic mass is 35.5. The molecule has 2 amide bonds. The summed E-state index contributed by atoms with van der Waals surface area (Å²) >= 11 is 10.8. The first-order valence-corrected chi connectivity index (χ1v) is 9.15. The standard InChI is InChI=1S/C20H20ClN3O3S/c1-13-9-14(2)11-17(10-13)27-12-19(26)23-24-20(28)22-18(25)8-5-15-3-6-16(21)7-4-15/h3-11H,12H2,1-2H3,(H,23,26)(H2,22,24,25,28)/b8-5+. The quantitative estimate of drug-likeness (QED) is 0.396. The van der Waals surface area contributed by atoms with Gasteiger partial charge in [0, 0.05) is 11.1 Å². The van der Waals surface area contributed by atoms with Crippen molar-refractivity contribution in [1.82, 2.24) is 16.2 Å². The van der Waals surface area contributed by atoms with Gasteiger partial charge in [-0.05, 0) is 73.1 Å². The average molecular weight is 418 g/mol. The number of nitrogens with one attached hydrogen (secondary N) is 3. The van der Waals surface area contributed by atoms with E-state index in [0.29, 0.717) is 10.8 Å². The third-order valence-electron chi connectivity index (χ3n) is 3.41. The van der Waals surface area contributed by atoms with Gasteiger partial charge in [0.25, 0.3) is 5.91 Å². The second kappa shape index (κ2) is 10.4. The number of amides is 2. The van der Waals surface area contributed by atoms with Crippen LogP contribution in [0.25, 0.3) is 6.08 Å². The van der Waals surface area contributed by atoms with Crippen molar-refractivity contribution in [2.45, 2.75) is 13.8 Å². The molecule has 0 aliphatic rings. The summed E-state index contributed by atoms with van der Waals surface area (Å²) in [4.78, 5) is 23.6. The Bertz CT molecular complexity index is 878. The Labute approximate surface area is 173 Å². The Morgan fingerprint density at radius 2 is 1.71 bits per heavy atom. The maximum Gasteiger partial charge on any atom is 0.276 e. The van der Waals surface area contributed by atoms with Crippen LogP contribution in [0.2, 0.25) is 5.02 Å². The molecule has 8 heteroatoms. The molecule has 28 heavy (non-hydrogen) atoms. The van der Waals surface area contributed by atoms with Crippen molar-refractivity contribution < 1.29 is 14.3 Å². The molecule has 0 saturated heterocycles. The van der Waals surface area contributed by atoms with E-state index in [1.165, 1.54) is 6.08 Å². The van der Waals surface area contributed by atoms with E-state index in [4.69, 9.17) is 28.6 Å². The van der Waals surface area contributed by atoms with Gasteiger partial charge in [-0.25, -0.2) is 0 Å². The highest BCUT2D eigenvalue weighted by Gasteiger charge is 2.06. The maximum atomic E-state index is 11.8. The molecular formula is C20H20ClN3O3S. The van der Waals surface area contributed by atoms with Crippen LogP contribution in [0.4, 0.5) is 0 Å². The van der Waals surface area contributed by atoms with Crippen LogP contribution < -0.4 is 20.9 Å². The summed E-state index contributed by atoms with van der Waals surface area (Å²) in [5.74, 6) is -0.267. The third-order valence-corrected chi connectivity index (χ3v) is 3.87. The van der Waals surface area contributed by atoms with E-state index in [-0.39, 0.29) is 11.7 Å². The molecule has 0 heterocycles. The molecule has 0 bridgehead atoms. The van der Waals surface area contributed by atoms with E-state index in [1.807, 2.05) is 32.0 Å². The normalized spacial score (nSPS) is 10.4. The molecule has 3 N–H and O–H groups in total. The number of hydrogen-bond acceptors (Lipinski definition) is 4. The van der Waals surface area contributed by atoms with E-state index in [9.17, 15) is 9.59 Å². The number of halogens is 1. The molecule has 0 unspecified atom stereocenters. The van der Waals surface area contributed by atoms with Crippen molar-refractivity contribution in [3.05, 3.63) is 70.3 Å². The lowest BCUT2D eigenvalue weighted by Crippen LogP contribution is -2.49. The molecule has 0 fully saturated rings. The fourth-order valence-electron chi connectivity index (χ4n) is 2.26. The SMILES string of the molecule is Cc1cc(C)cc(OCC(=O)NNC(=S)NC(=O)/C=C/c2ccc(Cl)cc2)c1. The Balaban J connectivity index is 1.71. The van der Waals surface area contributed by atoms with Crippen molar-refractivity contribution in [1.29, 1.82) is 0 Å². The van der Waals surface area contributed by atoms with Gasteiger partial charge in [-0.3, -0.25) is 25.8 Å². The Morgan fingerprint density at radius 3 is 2.36 bits per heavy atom. The zero-order valence-corrected chi connectivity index (χ0v) is 17.0. The number of hydrazine groups is 1. The summed E-state index contributed by atoms with van der Waals surface area (Å²) in [6.45, 7) is 3.71. The monoisotopic (exact) mass is 417 g/mol. The van der Waals surface area contributed by atoms with Crippen LogP contribution in [0, 0.1) is 13.8 Å². The van der Waals surface area contributed by atoms with Crippen molar-refractivity contribution in [2.24, 2.45) is 0 Å². The minimum atomic E-state index is -0.438. The Hall–Kier alpha value is -2.90. The van der Waals surface area contributed by atoms with Crippen LogP contribution in [0.5, 0.6) is 5.75 Å². The number of benzene rings is 2. The molecule has 0 aliphatic carbocycles. The van der Waals surface area contributed by atoms with Gasteiger partial charge in [0.1, 0.15) is 5.75 Å². The topological polar surface area (TPSA) is 79.5 Å². The molecule has 0 saturated carbocycles. The maximum absolute atomic E-state index is 11.8. The smallest absolute Gasteiger partial charge is 0.276 e. The van der Waals surface area contributed by atoms with E-state index in [1.54, 1.807) is 30.3 Å². The minimum absolute atomic E-state index is 0.0366. The lowest BCUT2D eigenvalue weighted by molar-refractivity contribution is -0.123. The summed E-state index contributed by atoms with van der Waals surface area (Å²) < 4.78 is 5.44. The van der Waals surface area contributed by atoms with E-state index in [2.05, 4.69) is 16.2 Å². The van der Waals surface area contributed by atoms with Crippen LogP contribution in [0.15, 0.2) is 48.5 Å². The third kappa shape index (κ3) is 7.77. The predicted octanol–water partition coefficient (Wildman–Crippen LogP) is 3.07. The highest BCUT2D eigenvalue weighted by Crippen LogP contribution is 2.15. The summed E-state index contributed by atoms with van der Waals surface area (Å²) in [6.07, 6.45) is 2.94. The molecule has 2 aromatic carbocycles. The fourth-order valence-corrected chi connectivity index (χ4v) is 2.54. The van der Waals surface area contributed by atoms with Gasteiger partial charge in [-0.15, -0.1) is 0 Å². The Morgan fingerprint density at radius 1 is 1.07 bits per heavy atom. The molecule has 0 spiro atoms.